The lowest BCUT2D eigenvalue weighted by Crippen LogP contribution is -2.31. The number of aryl methyl sites for hydroxylation is 2. The smallest absolute Gasteiger partial charge is 0.117 e. The van der Waals surface area contributed by atoms with E-state index in [4.69, 9.17) is 5.73 Å². The van der Waals surface area contributed by atoms with Gasteiger partial charge in [-0.1, -0.05) is 6.07 Å². The monoisotopic (exact) mass is 287 g/mol. The van der Waals surface area contributed by atoms with Crippen molar-refractivity contribution in [3.63, 3.8) is 0 Å². The van der Waals surface area contributed by atoms with E-state index in [0.29, 0.717) is 5.70 Å². The van der Waals surface area contributed by atoms with E-state index in [0.717, 1.165) is 22.5 Å². The lowest BCUT2D eigenvalue weighted by atomic mass is 10.1. The molecule has 1 aromatic carbocycles. The molecule has 1 heterocycles. The molecule has 0 saturated carbocycles. The molecule has 0 spiro atoms. The van der Waals surface area contributed by atoms with Gasteiger partial charge in [0.15, 0.2) is 0 Å². The Morgan fingerprint density at radius 2 is 2.14 bits per heavy atom. The van der Waals surface area contributed by atoms with Crippen molar-refractivity contribution >= 4 is 11.4 Å². The number of hydrogen-bond donors (Lipinski definition) is 3. The normalized spacial score (nSPS) is 11.7. The Labute approximate surface area is 124 Å². The number of aromatic hydroxyl groups is 1. The Bertz CT molecular complexity index is 675. The zero-order valence-corrected chi connectivity index (χ0v) is 12.8. The summed E-state index contributed by atoms with van der Waals surface area (Å²) in [6, 6.07) is 5.20. The molecule has 21 heavy (non-hydrogen) atoms. The Kier molecular flexibility index (Phi) is 4.18. The van der Waals surface area contributed by atoms with E-state index < -0.39 is 0 Å². The predicted octanol–water partition coefficient (Wildman–Crippen LogP) is 1.64. The predicted molar refractivity (Wildman–Crippen MR) is 84.5 cm³/mol. The summed E-state index contributed by atoms with van der Waals surface area (Å²) in [7, 11) is 3.67. The number of anilines is 1. The van der Waals surface area contributed by atoms with E-state index in [1.807, 2.05) is 27.0 Å². The number of hydrazine groups is 1. The molecule has 0 aliphatic rings. The molecule has 0 saturated heterocycles. The van der Waals surface area contributed by atoms with Crippen LogP contribution in [0.5, 0.6) is 5.75 Å². The van der Waals surface area contributed by atoms with Crippen LogP contribution in [0.3, 0.4) is 0 Å². The van der Waals surface area contributed by atoms with Crippen molar-refractivity contribution in [1.29, 1.82) is 0 Å². The van der Waals surface area contributed by atoms with Gasteiger partial charge in [-0.3, -0.25) is 9.69 Å². The average molecular weight is 287 g/mol. The maximum atomic E-state index is 9.66. The van der Waals surface area contributed by atoms with Gasteiger partial charge in [-0.05, 0) is 25.5 Å². The fourth-order valence-electron chi connectivity index (χ4n) is 2.10. The molecule has 0 fully saturated rings. The average Bonchev–Trinajstić information content (AvgIpc) is 2.79. The zero-order chi connectivity index (χ0) is 15.6. The number of hydrogen-bond acceptors (Lipinski definition) is 5. The first-order chi connectivity index (χ1) is 9.93. The van der Waals surface area contributed by atoms with E-state index >= 15 is 0 Å². The Hall–Kier alpha value is -2.47. The first kappa shape index (κ1) is 14.9. The molecule has 0 radical (unpaired) electrons. The van der Waals surface area contributed by atoms with Gasteiger partial charge in [0.1, 0.15) is 5.75 Å². The number of benzene rings is 1. The Balaban J connectivity index is 2.40. The summed E-state index contributed by atoms with van der Waals surface area (Å²) >= 11 is 0. The fraction of sp³-hybridized carbons (Fsp3) is 0.267. The Morgan fingerprint density at radius 1 is 1.43 bits per heavy atom. The molecule has 112 valence electrons. The number of phenols is 1. The summed E-state index contributed by atoms with van der Waals surface area (Å²) in [5.74, 6) is 0.209. The van der Waals surface area contributed by atoms with Crippen molar-refractivity contribution in [2.45, 2.75) is 13.8 Å². The second kappa shape index (κ2) is 5.88. The molecule has 0 amide bonds. The van der Waals surface area contributed by atoms with Crippen LogP contribution in [0.25, 0.3) is 5.70 Å². The fourth-order valence-corrected chi connectivity index (χ4v) is 2.10. The van der Waals surface area contributed by atoms with Gasteiger partial charge in [0.25, 0.3) is 0 Å². The molecule has 6 nitrogen and oxygen atoms in total. The summed E-state index contributed by atoms with van der Waals surface area (Å²) in [5.41, 5.74) is 13.6. The SMILES string of the molecule is CNN(/C=C(\N)c1cnn(C)c1C)c1cc(O)ccc1C. The van der Waals surface area contributed by atoms with Gasteiger partial charge in [-0.15, -0.1) is 0 Å². The molecular formula is C15H21N5O. The summed E-state index contributed by atoms with van der Waals surface area (Å²) < 4.78 is 1.78. The molecule has 2 rings (SSSR count). The van der Waals surface area contributed by atoms with Gasteiger partial charge in [0, 0.05) is 37.6 Å². The molecule has 0 bridgehead atoms. The third-order valence-corrected chi connectivity index (χ3v) is 3.51. The van der Waals surface area contributed by atoms with Gasteiger partial charge >= 0.3 is 0 Å². The van der Waals surface area contributed by atoms with Gasteiger partial charge in [-0.25, -0.2) is 5.43 Å². The zero-order valence-electron chi connectivity index (χ0n) is 12.8. The van der Waals surface area contributed by atoms with Gasteiger partial charge in [0.2, 0.25) is 0 Å². The van der Waals surface area contributed by atoms with Crippen LogP contribution < -0.4 is 16.2 Å². The number of nitrogens with zero attached hydrogens (tertiary/aromatic N) is 3. The minimum atomic E-state index is 0.209. The molecule has 6 heteroatoms. The first-order valence-electron chi connectivity index (χ1n) is 6.66. The van der Waals surface area contributed by atoms with Crippen molar-refractivity contribution in [3.05, 3.63) is 47.4 Å². The molecule has 0 aliphatic carbocycles. The highest BCUT2D eigenvalue weighted by Crippen LogP contribution is 2.25. The van der Waals surface area contributed by atoms with Gasteiger partial charge in [0.05, 0.1) is 17.6 Å². The number of phenolic OH excluding ortho intramolecular Hbond substituents is 1. The number of nitrogens with one attached hydrogen (secondary N) is 1. The highest BCUT2D eigenvalue weighted by Gasteiger charge is 2.11. The van der Waals surface area contributed by atoms with Crippen LogP contribution in [-0.2, 0) is 7.05 Å². The summed E-state index contributed by atoms with van der Waals surface area (Å²) in [6.45, 7) is 3.94. The van der Waals surface area contributed by atoms with Crippen LogP contribution in [0.15, 0.2) is 30.6 Å². The third-order valence-electron chi connectivity index (χ3n) is 3.51. The highest BCUT2D eigenvalue weighted by molar-refractivity contribution is 5.68. The van der Waals surface area contributed by atoms with E-state index in [1.54, 1.807) is 41.3 Å². The van der Waals surface area contributed by atoms with Crippen molar-refractivity contribution in [1.82, 2.24) is 15.2 Å². The molecule has 1 aromatic heterocycles. The second-order valence-electron chi connectivity index (χ2n) is 4.92. The lowest BCUT2D eigenvalue weighted by molar-refractivity contribution is 0.475. The number of aromatic nitrogens is 2. The molecule has 4 N–H and O–H groups in total. The van der Waals surface area contributed by atoms with Crippen molar-refractivity contribution in [2.24, 2.45) is 12.8 Å². The van der Waals surface area contributed by atoms with Crippen molar-refractivity contribution < 1.29 is 5.11 Å². The third kappa shape index (κ3) is 3.00. The van der Waals surface area contributed by atoms with E-state index in [9.17, 15) is 5.11 Å². The summed E-state index contributed by atoms with van der Waals surface area (Å²) in [4.78, 5) is 0. The van der Waals surface area contributed by atoms with Crippen LogP contribution in [-0.4, -0.2) is 21.9 Å². The van der Waals surface area contributed by atoms with Crippen LogP contribution >= 0.6 is 0 Å². The minimum Gasteiger partial charge on any atom is -0.508 e. The van der Waals surface area contributed by atoms with E-state index in [-0.39, 0.29) is 5.75 Å². The number of rotatable bonds is 4. The minimum absolute atomic E-state index is 0.209. The van der Waals surface area contributed by atoms with Crippen LogP contribution in [0.2, 0.25) is 0 Å². The number of nitrogens with two attached hydrogens (primary N) is 1. The largest absolute Gasteiger partial charge is 0.508 e. The highest BCUT2D eigenvalue weighted by atomic mass is 16.3. The van der Waals surface area contributed by atoms with Crippen molar-refractivity contribution in [2.75, 3.05) is 12.1 Å². The van der Waals surface area contributed by atoms with Crippen LogP contribution in [0.4, 0.5) is 5.69 Å². The maximum Gasteiger partial charge on any atom is 0.117 e. The molecule has 0 unspecified atom stereocenters. The standard InChI is InChI=1S/C15H21N5O/c1-10-5-6-12(21)7-15(10)20(17-3)9-14(16)13-8-18-19(4)11(13)2/h5-9,17,21H,16H2,1-4H3/b14-9-. The van der Waals surface area contributed by atoms with Crippen LogP contribution in [0.1, 0.15) is 16.8 Å². The van der Waals surface area contributed by atoms with E-state index in [2.05, 4.69) is 10.5 Å². The van der Waals surface area contributed by atoms with E-state index in [1.165, 1.54) is 0 Å². The van der Waals surface area contributed by atoms with Gasteiger partial charge < -0.3 is 10.8 Å². The summed E-state index contributed by atoms with van der Waals surface area (Å²) in [5, 5.41) is 15.6. The van der Waals surface area contributed by atoms with Crippen LogP contribution in [0, 0.1) is 13.8 Å². The topological polar surface area (TPSA) is 79.3 Å². The van der Waals surface area contributed by atoms with Gasteiger partial charge in [-0.2, -0.15) is 5.10 Å². The quantitative estimate of drug-likeness (QED) is 0.745. The maximum absolute atomic E-state index is 9.66. The molecular weight excluding hydrogens is 266 g/mol. The Morgan fingerprint density at radius 3 is 2.71 bits per heavy atom. The molecule has 0 aliphatic heterocycles. The second-order valence-corrected chi connectivity index (χ2v) is 4.92. The molecule has 2 aromatic rings. The van der Waals surface area contributed by atoms with Crippen molar-refractivity contribution in [3.8, 4) is 5.75 Å². The lowest BCUT2D eigenvalue weighted by Gasteiger charge is -2.22. The molecule has 0 atom stereocenters. The summed E-state index contributed by atoms with van der Waals surface area (Å²) in [6.07, 6.45) is 3.52. The first-order valence-corrected chi connectivity index (χ1v) is 6.66.